The van der Waals surface area contributed by atoms with E-state index in [4.69, 9.17) is 0 Å². The summed E-state index contributed by atoms with van der Waals surface area (Å²) >= 11 is 1.47. The number of fused-ring (bicyclic) bond motifs is 1. The zero-order valence-corrected chi connectivity index (χ0v) is 11.9. The van der Waals surface area contributed by atoms with Gasteiger partial charge in [0.15, 0.2) is 0 Å². The number of benzene rings is 1. The number of carbonyl (C=O) groups is 1. The van der Waals surface area contributed by atoms with E-state index in [0.29, 0.717) is 24.8 Å². The summed E-state index contributed by atoms with van der Waals surface area (Å²) in [5, 5.41) is 10.4. The van der Waals surface area contributed by atoms with E-state index in [2.05, 4.69) is 4.98 Å². The van der Waals surface area contributed by atoms with Crippen LogP contribution in [0.3, 0.4) is 0 Å². The molecular formula is C15H16FNO2S. The smallest absolute Gasteiger partial charge is 0.310 e. The fourth-order valence-corrected chi connectivity index (χ4v) is 4.10. The average Bonchev–Trinajstić information content (AvgIpc) is 2.80. The number of aliphatic carboxylic acids is 1. The van der Waals surface area contributed by atoms with Gasteiger partial charge in [-0.2, -0.15) is 0 Å². The third-order valence-corrected chi connectivity index (χ3v) is 5.18. The largest absolute Gasteiger partial charge is 0.481 e. The van der Waals surface area contributed by atoms with E-state index in [1.165, 1.54) is 23.5 Å². The summed E-state index contributed by atoms with van der Waals surface area (Å²) < 4.78 is 14.1. The number of nitrogens with zero attached hydrogens (tertiary/aromatic N) is 1. The van der Waals surface area contributed by atoms with Gasteiger partial charge in [-0.3, -0.25) is 4.79 Å². The molecule has 0 unspecified atom stereocenters. The molecule has 106 valence electrons. The third kappa shape index (κ3) is 2.42. The molecule has 0 amide bonds. The van der Waals surface area contributed by atoms with Crippen LogP contribution < -0.4 is 0 Å². The van der Waals surface area contributed by atoms with Crippen molar-refractivity contribution in [2.45, 2.75) is 38.5 Å². The molecule has 0 radical (unpaired) electrons. The van der Waals surface area contributed by atoms with Crippen LogP contribution in [0.15, 0.2) is 18.2 Å². The minimum Gasteiger partial charge on any atom is -0.481 e. The Morgan fingerprint density at radius 3 is 2.80 bits per heavy atom. The highest BCUT2D eigenvalue weighted by Gasteiger charge is 2.40. The predicted molar refractivity (Wildman–Crippen MR) is 76.4 cm³/mol. The van der Waals surface area contributed by atoms with E-state index >= 15 is 0 Å². The Labute approximate surface area is 120 Å². The highest BCUT2D eigenvalue weighted by atomic mass is 32.1. The molecule has 20 heavy (non-hydrogen) atoms. The summed E-state index contributed by atoms with van der Waals surface area (Å²) in [4.78, 5) is 16.1. The second-order valence-electron chi connectivity index (χ2n) is 5.54. The van der Waals surface area contributed by atoms with Crippen molar-refractivity contribution in [1.29, 1.82) is 0 Å². The van der Waals surface area contributed by atoms with Crippen LogP contribution in [0, 0.1) is 11.2 Å². The number of thiazole rings is 1. The van der Waals surface area contributed by atoms with E-state index in [9.17, 15) is 14.3 Å². The van der Waals surface area contributed by atoms with E-state index in [0.717, 1.165) is 29.0 Å². The van der Waals surface area contributed by atoms with Gasteiger partial charge in [0.05, 0.1) is 20.6 Å². The van der Waals surface area contributed by atoms with Gasteiger partial charge in [-0.25, -0.2) is 9.37 Å². The number of halogens is 1. The first-order chi connectivity index (χ1) is 9.59. The summed E-state index contributed by atoms with van der Waals surface area (Å²) in [6.07, 6.45) is 4.93. The highest BCUT2D eigenvalue weighted by molar-refractivity contribution is 7.18. The molecule has 0 spiro atoms. The maximum absolute atomic E-state index is 13.2. The van der Waals surface area contributed by atoms with E-state index in [-0.39, 0.29) is 5.82 Å². The normalized spacial score (nSPS) is 18.2. The Balaban J connectivity index is 1.92. The van der Waals surface area contributed by atoms with Crippen molar-refractivity contribution in [3.8, 4) is 0 Å². The van der Waals surface area contributed by atoms with Crippen LogP contribution in [0.2, 0.25) is 0 Å². The maximum Gasteiger partial charge on any atom is 0.310 e. The Bertz CT molecular complexity index is 646. The van der Waals surface area contributed by atoms with Crippen molar-refractivity contribution in [3.05, 3.63) is 29.0 Å². The molecule has 3 rings (SSSR count). The van der Waals surface area contributed by atoms with Crippen molar-refractivity contribution in [2.75, 3.05) is 0 Å². The van der Waals surface area contributed by atoms with Crippen molar-refractivity contribution >= 4 is 27.5 Å². The van der Waals surface area contributed by atoms with Crippen LogP contribution in [-0.2, 0) is 11.2 Å². The summed E-state index contributed by atoms with van der Waals surface area (Å²) in [5.74, 6) is -1.03. The second-order valence-corrected chi connectivity index (χ2v) is 6.66. The van der Waals surface area contributed by atoms with Crippen molar-refractivity contribution in [2.24, 2.45) is 5.41 Å². The van der Waals surface area contributed by atoms with Crippen LogP contribution in [0.25, 0.3) is 10.2 Å². The summed E-state index contributed by atoms with van der Waals surface area (Å²) in [6.45, 7) is 0. The van der Waals surface area contributed by atoms with Crippen LogP contribution >= 0.6 is 11.3 Å². The molecule has 0 saturated heterocycles. The molecule has 1 aromatic carbocycles. The van der Waals surface area contributed by atoms with Gasteiger partial charge < -0.3 is 5.11 Å². The first kappa shape index (κ1) is 13.5. The minimum atomic E-state index is -0.720. The SMILES string of the molecule is O=C(O)C1(Cc2nc3cc(F)ccc3s2)CCCCC1. The molecule has 5 heteroatoms. The van der Waals surface area contributed by atoms with Gasteiger partial charge in [0.1, 0.15) is 5.82 Å². The molecule has 1 N–H and O–H groups in total. The lowest BCUT2D eigenvalue weighted by Crippen LogP contribution is -2.35. The quantitative estimate of drug-likeness (QED) is 0.930. The summed E-state index contributed by atoms with van der Waals surface area (Å²) in [7, 11) is 0. The molecule has 0 atom stereocenters. The summed E-state index contributed by atoms with van der Waals surface area (Å²) in [6, 6.07) is 4.53. The van der Waals surface area contributed by atoms with Gasteiger partial charge in [0.25, 0.3) is 0 Å². The lowest BCUT2D eigenvalue weighted by molar-refractivity contribution is -0.151. The monoisotopic (exact) mass is 293 g/mol. The molecule has 0 aliphatic heterocycles. The Hall–Kier alpha value is -1.49. The highest BCUT2D eigenvalue weighted by Crippen LogP contribution is 2.40. The number of aromatic nitrogens is 1. The lowest BCUT2D eigenvalue weighted by Gasteiger charge is -2.32. The van der Waals surface area contributed by atoms with Gasteiger partial charge in [0, 0.05) is 12.5 Å². The van der Waals surface area contributed by atoms with Crippen LogP contribution in [-0.4, -0.2) is 16.1 Å². The predicted octanol–water partition coefficient (Wildman–Crippen LogP) is 4.01. The molecule has 1 fully saturated rings. The molecule has 1 saturated carbocycles. The van der Waals surface area contributed by atoms with E-state index in [1.807, 2.05) is 0 Å². The van der Waals surface area contributed by atoms with E-state index < -0.39 is 11.4 Å². The molecule has 1 aliphatic carbocycles. The maximum atomic E-state index is 13.2. The number of hydrogen-bond donors (Lipinski definition) is 1. The van der Waals surface area contributed by atoms with Gasteiger partial charge in [-0.15, -0.1) is 11.3 Å². The molecule has 1 aliphatic rings. The number of carboxylic acids is 1. The first-order valence-electron chi connectivity index (χ1n) is 6.87. The average molecular weight is 293 g/mol. The fourth-order valence-electron chi connectivity index (χ4n) is 3.01. The van der Waals surface area contributed by atoms with E-state index in [1.54, 1.807) is 6.07 Å². The molecule has 0 bridgehead atoms. The van der Waals surface area contributed by atoms with Gasteiger partial charge in [-0.1, -0.05) is 19.3 Å². The van der Waals surface area contributed by atoms with Gasteiger partial charge >= 0.3 is 5.97 Å². The Kier molecular flexibility index (Phi) is 3.46. The molecular weight excluding hydrogens is 277 g/mol. The zero-order valence-electron chi connectivity index (χ0n) is 11.1. The molecule has 1 heterocycles. The Morgan fingerprint density at radius 2 is 2.10 bits per heavy atom. The number of carboxylic acid groups (broad SMARTS) is 1. The number of rotatable bonds is 3. The summed E-state index contributed by atoms with van der Waals surface area (Å²) in [5.41, 5.74) is -0.0497. The molecule has 2 aromatic rings. The molecule has 3 nitrogen and oxygen atoms in total. The first-order valence-corrected chi connectivity index (χ1v) is 7.69. The standard InChI is InChI=1S/C15H16FNO2S/c16-10-4-5-12-11(8-10)17-13(20-12)9-15(14(18)19)6-2-1-3-7-15/h4-5,8H,1-3,6-7,9H2,(H,18,19). The van der Waals surface area contributed by atoms with Crippen molar-refractivity contribution in [3.63, 3.8) is 0 Å². The van der Waals surface area contributed by atoms with Crippen LogP contribution in [0.5, 0.6) is 0 Å². The minimum absolute atomic E-state index is 0.306. The van der Waals surface area contributed by atoms with Crippen molar-refractivity contribution < 1.29 is 14.3 Å². The second kappa shape index (κ2) is 5.13. The third-order valence-electron chi connectivity index (χ3n) is 4.15. The van der Waals surface area contributed by atoms with Gasteiger partial charge in [0.2, 0.25) is 0 Å². The molecule has 1 aromatic heterocycles. The lowest BCUT2D eigenvalue weighted by atomic mass is 9.72. The Morgan fingerprint density at radius 1 is 1.35 bits per heavy atom. The topological polar surface area (TPSA) is 50.2 Å². The van der Waals surface area contributed by atoms with Crippen LogP contribution in [0.4, 0.5) is 4.39 Å². The van der Waals surface area contributed by atoms with Gasteiger partial charge in [-0.05, 0) is 25.0 Å². The van der Waals surface area contributed by atoms with Crippen molar-refractivity contribution in [1.82, 2.24) is 4.98 Å². The fraction of sp³-hybridized carbons (Fsp3) is 0.467. The zero-order chi connectivity index (χ0) is 14.2. The number of hydrogen-bond acceptors (Lipinski definition) is 3. The van der Waals surface area contributed by atoms with Crippen LogP contribution in [0.1, 0.15) is 37.1 Å².